The molecule has 0 fully saturated rings. The highest BCUT2D eigenvalue weighted by Crippen LogP contribution is 2.04. The first-order chi connectivity index (χ1) is 6.99. The molecule has 0 unspecified atom stereocenters. The maximum absolute atomic E-state index is 13.1. The Balaban J connectivity index is 2.36. The Kier molecular flexibility index (Phi) is 4.19. The minimum Gasteiger partial charge on any atom is -0.312 e. The molecule has 1 rings (SSSR count). The van der Waals surface area contributed by atoms with E-state index in [0.29, 0.717) is 12.1 Å². The third kappa shape index (κ3) is 4.87. The first kappa shape index (κ1) is 12.1. The number of halogens is 1. The smallest absolute Gasteiger partial charge is 0.210 e. The van der Waals surface area contributed by atoms with Crippen LogP contribution in [0.2, 0.25) is 0 Å². The van der Waals surface area contributed by atoms with E-state index in [1.165, 1.54) is 6.07 Å². The van der Waals surface area contributed by atoms with Gasteiger partial charge < -0.3 is 5.32 Å². The minimum absolute atomic E-state index is 0.151. The van der Waals surface area contributed by atoms with Crippen LogP contribution in [0.3, 0.4) is 0 Å². The van der Waals surface area contributed by atoms with Crippen molar-refractivity contribution in [3.63, 3.8) is 0 Å². The monoisotopic (exact) mass is 232 g/mol. The van der Waals surface area contributed by atoms with Crippen LogP contribution in [-0.4, -0.2) is 20.7 Å². The maximum atomic E-state index is 13.1. The third-order valence-corrected chi connectivity index (χ3v) is 2.61. The van der Waals surface area contributed by atoms with Gasteiger partial charge in [-0.2, -0.15) is 0 Å². The van der Waals surface area contributed by atoms with Gasteiger partial charge in [0.05, 0.1) is 5.75 Å². The number of benzene rings is 1. The first-order valence-electron chi connectivity index (χ1n) is 4.43. The second-order valence-electron chi connectivity index (χ2n) is 3.14. The number of sulfonamides is 1. The fraction of sp³-hybridized carbons (Fsp3) is 0.333. The summed E-state index contributed by atoms with van der Waals surface area (Å²) in [5.74, 6) is -0.456. The summed E-state index contributed by atoms with van der Waals surface area (Å²) in [5, 5.41) is 7.60. The van der Waals surface area contributed by atoms with Crippen LogP contribution in [0.1, 0.15) is 5.56 Å². The lowest BCUT2D eigenvalue weighted by Crippen LogP contribution is -2.27. The summed E-state index contributed by atoms with van der Waals surface area (Å²) in [6.07, 6.45) is 0. The Morgan fingerprint density at radius 2 is 2.00 bits per heavy atom. The quantitative estimate of drug-likeness (QED) is 0.712. The van der Waals surface area contributed by atoms with Crippen molar-refractivity contribution < 1.29 is 12.8 Å². The van der Waals surface area contributed by atoms with E-state index < -0.39 is 10.0 Å². The molecule has 0 saturated carbocycles. The average Bonchev–Trinajstić information content (AvgIpc) is 2.13. The molecule has 0 aliphatic heterocycles. The lowest BCUT2D eigenvalue weighted by molar-refractivity contribution is 0.583. The molecule has 0 amide bonds. The van der Waals surface area contributed by atoms with Gasteiger partial charge in [-0.3, -0.25) is 0 Å². The second-order valence-corrected chi connectivity index (χ2v) is 4.87. The van der Waals surface area contributed by atoms with Gasteiger partial charge in [-0.05, 0) is 6.07 Å². The van der Waals surface area contributed by atoms with Crippen LogP contribution in [0, 0.1) is 5.82 Å². The maximum Gasteiger partial charge on any atom is 0.210 e. The summed E-state index contributed by atoms with van der Waals surface area (Å²) in [4.78, 5) is 0. The summed E-state index contributed by atoms with van der Waals surface area (Å²) in [6, 6.07) is 6.32. The SMILES string of the molecule is NS(=O)(=O)CCNCc1ccccc1F. The van der Waals surface area contributed by atoms with Gasteiger partial charge in [-0.1, -0.05) is 18.2 Å². The highest BCUT2D eigenvalue weighted by Gasteiger charge is 2.03. The summed E-state index contributed by atoms with van der Waals surface area (Å²) in [7, 11) is -3.44. The highest BCUT2D eigenvalue weighted by atomic mass is 32.2. The molecular formula is C9H13FN2O2S. The molecule has 0 heterocycles. The van der Waals surface area contributed by atoms with Gasteiger partial charge in [-0.25, -0.2) is 17.9 Å². The zero-order valence-corrected chi connectivity index (χ0v) is 8.93. The van der Waals surface area contributed by atoms with Crippen LogP contribution < -0.4 is 10.5 Å². The highest BCUT2D eigenvalue weighted by molar-refractivity contribution is 7.89. The summed E-state index contributed by atoms with van der Waals surface area (Å²) in [5.41, 5.74) is 0.506. The van der Waals surface area contributed by atoms with Gasteiger partial charge in [0.25, 0.3) is 0 Å². The standard InChI is InChI=1S/C9H13FN2O2S/c10-9-4-2-1-3-8(9)7-12-5-6-15(11,13)14/h1-4,12H,5-7H2,(H2,11,13,14). The summed E-state index contributed by atoms with van der Waals surface area (Å²) in [6.45, 7) is 0.509. The molecule has 0 aliphatic carbocycles. The van der Waals surface area contributed by atoms with Gasteiger partial charge in [0.15, 0.2) is 0 Å². The molecule has 0 radical (unpaired) electrons. The lowest BCUT2D eigenvalue weighted by Gasteiger charge is -2.04. The van der Waals surface area contributed by atoms with Crippen LogP contribution in [0.5, 0.6) is 0 Å². The van der Waals surface area contributed by atoms with Gasteiger partial charge >= 0.3 is 0 Å². The van der Waals surface area contributed by atoms with Gasteiger partial charge in [0.1, 0.15) is 5.82 Å². The van der Waals surface area contributed by atoms with Gasteiger partial charge in [-0.15, -0.1) is 0 Å². The molecule has 0 aliphatic rings. The molecule has 0 aromatic heterocycles. The van der Waals surface area contributed by atoms with Crippen molar-refractivity contribution in [2.75, 3.05) is 12.3 Å². The number of primary sulfonamides is 1. The number of hydrogen-bond acceptors (Lipinski definition) is 3. The zero-order chi connectivity index (χ0) is 11.3. The van der Waals surface area contributed by atoms with Gasteiger partial charge in [0, 0.05) is 18.7 Å². The Morgan fingerprint density at radius 3 is 2.60 bits per heavy atom. The van der Waals surface area contributed by atoms with Crippen molar-refractivity contribution in [2.45, 2.75) is 6.54 Å². The molecule has 0 spiro atoms. The van der Waals surface area contributed by atoms with Gasteiger partial charge in [0.2, 0.25) is 10.0 Å². The van der Waals surface area contributed by atoms with Crippen molar-refractivity contribution >= 4 is 10.0 Å². The van der Waals surface area contributed by atoms with Crippen LogP contribution in [0.15, 0.2) is 24.3 Å². The van der Waals surface area contributed by atoms with Crippen LogP contribution in [0.25, 0.3) is 0 Å². The fourth-order valence-electron chi connectivity index (χ4n) is 1.08. The van der Waals surface area contributed by atoms with Crippen molar-refractivity contribution in [2.24, 2.45) is 5.14 Å². The predicted octanol–water partition coefficient (Wildman–Crippen LogP) is 0.204. The fourth-order valence-corrected chi connectivity index (χ4v) is 1.51. The topological polar surface area (TPSA) is 72.2 Å². The average molecular weight is 232 g/mol. The first-order valence-corrected chi connectivity index (χ1v) is 6.15. The number of nitrogens with one attached hydrogen (secondary N) is 1. The predicted molar refractivity (Wildman–Crippen MR) is 56.1 cm³/mol. The Bertz CT molecular complexity index is 420. The van der Waals surface area contributed by atoms with Crippen LogP contribution in [-0.2, 0) is 16.6 Å². The van der Waals surface area contributed by atoms with Crippen molar-refractivity contribution in [3.05, 3.63) is 35.6 Å². The van der Waals surface area contributed by atoms with Crippen molar-refractivity contribution in [3.8, 4) is 0 Å². The zero-order valence-electron chi connectivity index (χ0n) is 8.11. The third-order valence-electron chi connectivity index (χ3n) is 1.84. The molecule has 6 heteroatoms. The van der Waals surface area contributed by atoms with Crippen LogP contribution >= 0.6 is 0 Å². The van der Waals surface area contributed by atoms with E-state index in [1.54, 1.807) is 18.2 Å². The Labute approximate surface area is 88.3 Å². The Morgan fingerprint density at radius 1 is 1.33 bits per heavy atom. The van der Waals surface area contributed by atoms with Crippen LogP contribution in [0.4, 0.5) is 4.39 Å². The molecule has 15 heavy (non-hydrogen) atoms. The second kappa shape index (κ2) is 5.20. The molecule has 0 saturated heterocycles. The van der Waals surface area contributed by atoms with E-state index in [0.717, 1.165) is 0 Å². The molecule has 0 atom stereocenters. The molecule has 84 valence electrons. The minimum atomic E-state index is -3.44. The van der Waals surface area contributed by atoms with E-state index in [4.69, 9.17) is 5.14 Å². The van der Waals surface area contributed by atoms with E-state index in [2.05, 4.69) is 5.32 Å². The largest absolute Gasteiger partial charge is 0.312 e. The molecule has 0 bridgehead atoms. The number of hydrogen-bond donors (Lipinski definition) is 2. The number of rotatable bonds is 5. The lowest BCUT2D eigenvalue weighted by atomic mass is 10.2. The van der Waals surface area contributed by atoms with Crippen molar-refractivity contribution in [1.29, 1.82) is 0 Å². The summed E-state index contributed by atoms with van der Waals surface area (Å²) >= 11 is 0. The molecular weight excluding hydrogens is 219 g/mol. The number of nitrogens with two attached hydrogens (primary N) is 1. The van der Waals surface area contributed by atoms with E-state index in [1.807, 2.05) is 0 Å². The molecule has 1 aromatic rings. The molecule has 4 nitrogen and oxygen atoms in total. The normalized spacial score (nSPS) is 11.6. The molecule has 1 aromatic carbocycles. The van der Waals surface area contributed by atoms with Crippen molar-refractivity contribution in [1.82, 2.24) is 5.32 Å². The van der Waals surface area contributed by atoms with E-state index in [-0.39, 0.29) is 18.1 Å². The summed E-state index contributed by atoms with van der Waals surface area (Å²) < 4.78 is 34.2. The van der Waals surface area contributed by atoms with E-state index >= 15 is 0 Å². The van der Waals surface area contributed by atoms with E-state index in [9.17, 15) is 12.8 Å². The Hall–Kier alpha value is -0.980. The molecule has 3 N–H and O–H groups in total.